The number of sulfonamides is 1. The van der Waals surface area contributed by atoms with E-state index in [0.29, 0.717) is 35.8 Å². The number of ether oxygens (including phenoxy) is 2. The SMILES string of the molecule is COc1cccc(NC(=O)COc2ccc(C(=O)N3CCN(S(C)(=O)=O)CC3)cc2)c1. The third-order valence-electron chi connectivity index (χ3n) is 4.82. The Morgan fingerprint density at radius 2 is 1.68 bits per heavy atom. The van der Waals surface area contributed by atoms with Gasteiger partial charge in [0.2, 0.25) is 10.0 Å². The largest absolute Gasteiger partial charge is 0.497 e. The van der Waals surface area contributed by atoms with E-state index >= 15 is 0 Å². The monoisotopic (exact) mass is 447 g/mol. The molecule has 0 atom stereocenters. The van der Waals surface area contributed by atoms with Crippen molar-refractivity contribution >= 4 is 27.5 Å². The fourth-order valence-electron chi connectivity index (χ4n) is 3.15. The van der Waals surface area contributed by atoms with Crippen LogP contribution in [0.2, 0.25) is 0 Å². The van der Waals surface area contributed by atoms with Crippen LogP contribution in [0.3, 0.4) is 0 Å². The standard InChI is InChI=1S/C21H25N3O6S/c1-29-19-5-3-4-17(14-19)22-20(25)15-30-18-8-6-16(7-9-18)21(26)23-10-12-24(13-11-23)31(2,27)28/h3-9,14H,10-13,15H2,1-2H3,(H,22,25). The third kappa shape index (κ3) is 6.19. The predicted molar refractivity (Wildman–Crippen MR) is 116 cm³/mol. The summed E-state index contributed by atoms with van der Waals surface area (Å²) >= 11 is 0. The molecule has 0 radical (unpaired) electrons. The molecule has 1 aliphatic rings. The average Bonchev–Trinajstić information content (AvgIpc) is 2.77. The molecule has 31 heavy (non-hydrogen) atoms. The molecule has 2 aromatic rings. The van der Waals surface area contributed by atoms with Gasteiger partial charge in [-0.2, -0.15) is 4.31 Å². The van der Waals surface area contributed by atoms with E-state index in [1.165, 1.54) is 10.6 Å². The van der Waals surface area contributed by atoms with Crippen LogP contribution in [0, 0.1) is 0 Å². The van der Waals surface area contributed by atoms with Crippen molar-refractivity contribution < 1.29 is 27.5 Å². The number of piperazine rings is 1. The Morgan fingerprint density at radius 3 is 2.29 bits per heavy atom. The summed E-state index contributed by atoms with van der Waals surface area (Å²) in [5.41, 5.74) is 1.07. The lowest BCUT2D eigenvalue weighted by Crippen LogP contribution is -2.50. The molecule has 166 valence electrons. The van der Waals surface area contributed by atoms with Gasteiger partial charge in [-0.25, -0.2) is 8.42 Å². The highest BCUT2D eigenvalue weighted by atomic mass is 32.2. The van der Waals surface area contributed by atoms with E-state index in [4.69, 9.17) is 9.47 Å². The first-order valence-corrected chi connectivity index (χ1v) is 11.5. The van der Waals surface area contributed by atoms with Crippen molar-refractivity contribution in [2.75, 3.05) is 51.5 Å². The molecular formula is C21H25N3O6S. The molecule has 0 spiro atoms. The van der Waals surface area contributed by atoms with E-state index in [-0.39, 0.29) is 31.5 Å². The van der Waals surface area contributed by atoms with Gasteiger partial charge in [-0.3, -0.25) is 9.59 Å². The minimum Gasteiger partial charge on any atom is -0.497 e. The fraction of sp³-hybridized carbons (Fsp3) is 0.333. The van der Waals surface area contributed by atoms with Crippen LogP contribution in [-0.4, -0.2) is 75.6 Å². The van der Waals surface area contributed by atoms with E-state index in [2.05, 4.69) is 5.32 Å². The van der Waals surface area contributed by atoms with E-state index in [9.17, 15) is 18.0 Å². The van der Waals surface area contributed by atoms with Crippen LogP contribution in [0.4, 0.5) is 5.69 Å². The molecule has 1 N–H and O–H groups in total. The zero-order valence-corrected chi connectivity index (χ0v) is 18.2. The van der Waals surface area contributed by atoms with Gasteiger partial charge >= 0.3 is 0 Å². The molecular weight excluding hydrogens is 422 g/mol. The minimum atomic E-state index is -3.24. The summed E-state index contributed by atoms with van der Waals surface area (Å²) < 4.78 is 35.1. The molecule has 1 saturated heterocycles. The van der Waals surface area contributed by atoms with Gasteiger partial charge in [0.25, 0.3) is 11.8 Å². The maximum Gasteiger partial charge on any atom is 0.262 e. The molecule has 2 aromatic carbocycles. The molecule has 10 heteroatoms. The zero-order chi connectivity index (χ0) is 22.4. The maximum atomic E-state index is 12.6. The molecule has 1 heterocycles. The number of nitrogens with one attached hydrogen (secondary N) is 1. The van der Waals surface area contributed by atoms with Crippen molar-refractivity contribution in [3.63, 3.8) is 0 Å². The molecule has 0 unspecified atom stereocenters. The Kier molecular flexibility index (Phi) is 7.13. The van der Waals surface area contributed by atoms with E-state index in [0.717, 1.165) is 0 Å². The highest BCUT2D eigenvalue weighted by molar-refractivity contribution is 7.88. The van der Waals surface area contributed by atoms with Crippen molar-refractivity contribution in [2.45, 2.75) is 0 Å². The van der Waals surface area contributed by atoms with Gasteiger partial charge < -0.3 is 19.7 Å². The third-order valence-corrected chi connectivity index (χ3v) is 6.12. The number of carbonyl (C=O) groups is 2. The molecule has 0 bridgehead atoms. The molecule has 2 amide bonds. The number of anilines is 1. The zero-order valence-electron chi connectivity index (χ0n) is 17.4. The summed E-state index contributed by atoms with van der Waals surface area (Å²) in [6, 6.07) is 13.5. The van der Waals surface area contributed by atoms with Gasteiger partial charge in [0.05, 0.1) is 13.4 Å². The van der Waals surface area contributed by atoms with Gasteiger partial charge in [0.1, 0.15) is 11.5 Å². The van der Waals surface area contributed by atoms with E-state index in [1.54, 1.807) is 60.5 Å². The summed E-state index contributed by atoms with van der Waals surface area (Å²) in [6.07, 6.45) is 1.17. The second kappa shape index (κ2) is 9.80. The lowest BCUT2D eigenvalue weighted by molar-refractivity contribution is -0.118. The van der Waals surface area contributed by atoms with Crippen molar-refractivity contribution in [2.24, 2.45) is 0 Å². The normalized spacial score (nSPS) is 14.7. The molecule has 3 rings (SSSR count). The number of amides is 2. The second-order valence-corrected chi connectivity index (χ2v) is 9.03. The Hall–Kier alpha value is -3.11. The van der Waals surface area contributed by atoms with Crippen molar-refractivity contribution in [3.05, 3.63) is 54.1 Å². The molecule has 1 fully saturated rings. The number of hydrogen-bond donors (Lipinski definition) is 1. The summed E-state index contributed by atoms with van der Waals surface area (Å²) in [5.74, 6) is 0.601. The molecule has 0 aliphatic carbocycles. The van der Waals surface area contributed by atoms with Crippen LogP contribution in [0.15, 0.2) is 48.5 Å². The number of carbonyl (C=O) groups excluding carboxylic acids is 2. The number of benzene rings is 2. The highest BCUT2D eigenvalue weighted by Crippen LogP contribution is 2.18. The quantitative estimate of drug-likeness (QED) is 0.689. The summed E-state index contributed by atoms with van der Waals surface area (Å²) in [7, 11) is -1.69. The first-order chi connectivity index (χ1) is 14.8. The molecule has 1 aliphatic heterocycles. The Bertz CT molecular complexity index is 1030. The smallest absolute Gasteiger partial charge is 0.262 e. The van der Waals surface area contributed by atoms with Gasteiger partial charge in [-0.1, -0.05) is 6.07 Å². The summed E-state index contributed by atoms with van der Waals surface area (Å²) in [6.45, 7) is 1.07. The summed E-state index contributed by atoms with van der Waals surface area (Å²) in [4.78, 5) is 26.3. The number of rotatable bonds is 7. The maximum absolute atomic E-state index is 12.6. The van der Waals surface area contributed by atoms with Gasteiger partial charge in [-0.05, 0) is 36.4 Å². The number of methoxy groups -OCH3 is 1. The van der Waals surface area contributed by atoms with E-state index in [1.807, 2.05) is 0 Å². The number of hydrogen-bond acceptors (Lipinski definition) is 6. The van der Waals surface area contributed by atoms with Crippen LogP contribution >= 0.6 is 0 Å². The Morgan fingerprint density at radius 1 is 1.00 bits per heavy atom. The minimum absolute atomic E-state index is 0.171. The van der Waals surface area contributed by atoms with Gasteiger partial charge in [-0.15, -0.1) is 0 Å². The van der Waals surface area contributed by atoms with Crippen molar-refractivity contribution in [1.82, 2.24) is 9.21 Å². The van der Waals surface area contributed by atoms with Gasteiger partial charge in [0.15, 0.2) is 6.61 Å². The average molecular weight is 448 g/mol. The van der Waals surface area contributed by atoms with Crippen molar-refractivity contribution in [3.8, 4) is 11.5 Å². The number of nitrogens with zero attached hydrogens (tertiary/aromatic N) is 2. The Labute approximate surface area is 181 Å². The molecule has 0 saturated carbocycles. The first-order valence-electron chi connectivity index (χ1n) is 9.67. The van der Waals surface area contributed by atoms with E-state index < -0.39 is 10.0 Å². The molecule has 9 nitrogen and oxygen atoms in total. The Balaban J connectivity index is 1.49. The fourth-order valence-corrected chi connectivity index (χ4v) is 3.97. The van der Waals surface area contributed by atoms with Crippen molar-refractivity contribution in [1.29, 1.82) is 0 Å². The first kappa shape index (κ1) is 22.6. The molecule has 0 aromatic heterocycles. The lowest BCUT2D eigenvalue weighted by Gasteiger charge is -2.33. The van der Waals surface area contributed by atoms with Crippen LogP contribution in [0.25, 0.3) is 0 Å². The van der Waals surface area contributed by atoms with Crippen LogP contribution in [0.1, 0.15) is 10.4 Å². The summed E-state index contributed by atoms with van der Waals surface area (Å²) in [5, 5.41) is 2.72. The van der Waals surface area contributed by atoms with Crippen LogP contribution in [0.5, 0.6) is 11.5 Å². The lowest BCUT2D eigenvalue weighted by atomic mass is 10.2. The second-order valence-electron chi connectivity index (χ2n) is 7.05. The highest BCUT2D eigenvalue weighted by Gasteiger charge is 2.26. The van der Waals surface area contributed by atoms with Gasteiger partial charge in [0, 0.05) is 43.5 Å². The topological polar surface area (TPSA) is 105 Å². The predicted octanol–water partition coefficient (Wildman–Crippen LogP) is 1.43. The van der Waals surface area contributed by atoms with Crippen LogP contribution < -0.4 is 14.8 Å². The van der Waals surface area contributed by atoms with Crippen LogP contribution in [-0.2, 0) is 14.8 Å².